The van der Waals surface area contributed by atoms with E-state index < -0.39 is 5.82 Å². The van der Waals surface area contributed by atoms with Crippen LogP contribution in [0.5, 0.6) is 11.5 Å². The Labute approximate surface area is 110 Å². The maximum atomic E-state index is 12.9. The molecule has 1 amide bonds. The fraction of sp³-hybridized carbons (Fsp3) is 0.0714. The summed E-state index contributed by atoms with van der Waals surface area (Å²) < 4.78 is 18.5. The van der Waals surface area contributed by atoms with Crippen molar-refractivity contribution < 1.29 is 13.9 Å². The normalized spacial score (nSPS) is 10.0. The monoisotopic (exact) mass is 260 g/mol. The lowest BCUT2D eigenvalue weighted by molar-refractivity contribution is -0.114. The molecule has 0 aliphatic rings. The highest BCUT2D eigenvalue weighted by Gasteiger charge is 2.04. The smallest absolute Gasteiger partial charge is 0.221 e. The third-order valence-corrected chi connectivity index (χ3v) is 2.35. The van der Waals surface area contributed by atoms with Crippen LogP contribution in [0, 0.1) is 5.82 Å². The average Bonchev–Trinajstić information content (AvgIpc) is 2.32. The summed E-state index contributed by atoms with van der Waals surface area (Å²) in [5.74, 6) is 0.279. The Balaban J connectivity index is 2.21. The standard InChI is InChI=1S/C14H13FN2O2/c1-9(18)17-11-3-2-4-12(8-11)19-14-6-5-10(15)7-13(14)16/h2-8H,16H2,1H3,(H,17,18). The molecule has 0 fully saturated rings. The van der Waals surface area contributed by atoms with Gasteiger partial charge in [-0.05, 0) is 24.3 Å². The molecule has 0 saturated carbocycles. The van der Waals surface area contributed by atoms with Crippen molar-refractivity contribution in [2.45, 2.75) is 6.92 Å². The van der Waals surface area contributed by atoms with Gasteiger partial charge in [-0.15, -0.1) is 0 Å². The van der Waals surface area contributed by atoms with Gasteiger partial charge in [0.1, 0.15) is 11.6 Å². The Kier molecular flexibility index (Phi) is 3.66. The second kappa shape index (κ2) is 5.39. The number of nitrogen functional groups attached to an aromatic ring is 1. The van der Waals surface area contributed by atoms with Crippen LogP contribution < -0.4 is 15.8 Å². The Hall–Kier alpha value is -2.56. The van der Waals surface area contributed by atoms with E-state index in [9.17, 15) is 9.18 Å². The van der Waals surface area contributed by atoms with Crippen LogP contribution in [0.15, 0.2) is 42.5 Å². The number of carbonyl (C=O) groups is 1. The van der Waals surface area contributed by atoms with Crippen LogP contribution >= 0.6 is 0 Å². The summed E-state index contributed by atoms with van der Waals surface area (Å²) >= 11 is 0. The minimum absolute atomic E-state index is 0.168. The molecule has 0 saturated heterocycles. The predicted molar refractivity (Wildman–Crippen MR) is 71.6 cm³/mol. The molecule has 0 unspecified atom stereocenters. The molecular formula is C14H13FN2O2. The van der Waals surface area contributed by atoms with Crippen molar-refractivity contribution in [2.75, 3.05) is 11.1 Å². The van der Waals surface area contributed by atoms with Crippen LogP contribution in [-0.2, 0) is 4.79 Å². The highest BCUT2D eigenvalue weighted by molar-refractivity contribution is 5.88. The number of hydrogen-bond donors (Lipinski definition) is 2. The molecule has 98 valence electrons. The van der Waals surface area contributed by atoms with Crippen molar-refractivity contribution in [3.8, 4) is 11.5 Å². The Bertz CT molecular complexity index is 614. The van der Waals surface area contributed by atoms with E-state index in [0.717, 1.165) is 0 Å². The van der Waals surface area contributed by atoms with E-state index in [4.69, 9.17) is 10.5 Å². The van der Waals surface area contributed by atoms with Crippen LogP contribution in [0.25, 0.3) is 0 Å². The molecule has 2 aromatic rings. The van der Waals surface area contributed by atoms with Crippen molar-refractivity contribution in [1.82, 2.24) is 0 Å². The van der Waals surface area contributed by atoms with Gasteiger partial charge in [0.05, 0.1) is 5.69 Å². The van der Waals surface area contributed by atoms with Gasteiger partial charge < -0.3 is 15.8 Å². The number of rotatable bonds is 3. The van der Waals surface area contributed by atoms with Crippen molar-refractivity contribution >= 4 is 17.3 Å². The summed E-state index contributed by atoms with van der Waals surface area (Å²) in [6.45, 7) is 1.42. The molecule has 4 nitrogen and oxygen atoms in total. The molecule has 0 aliphatic carbocycles. The van der Waals surface area contributed by atoms with E-state index in [0.29, 0.717) is 17.2 Å². The minimum atomic E-state index is -0.420. The van der Waals surface area contributed by atoms with Gasteiger partial charge >= 0.3 is 0 Å². The fourth-order valence-electron chi connectivity index (χ4n) is 1.58. The van der Waals surface area contributed by atoms with Gasteiger partial charge in [0.2, 0.25) is 5.91 Å². The first-order chi connectivity index (χ1) is 9.04. The number of hydrogen-bond acceptors (Lipinski definition) is 3. The van der Waals surface area contributed by atoms with Crippen LogP contribution in [0.4, 0.5) is 15.8 Å². The summed E-state index contributed by atoms with van der Waals surface area (Å²) in [6, 6.07) is 10.8. The first-order valence-electron chi connectivity index (χ1n) is 5.65. The van der Waals surface area contributed by atoms with Gasteiger partial charge in [0.15, 0.2) is 5.75 Å². The lowest BCUT2D eigenvalue weighted by Gasteiger charge is -2.10. The summed E-state index contributed by atoms with van der Waals surface area (Å²) in [6.07, 6.45) is 0. The van der Waals surface area contributed by atoms with Gasteiger partial charge in [-0.25, -0.2) is 4.39 Å². The molecule has 0 aliphatic heterocycles. The van der Waals surface area contributed by atoms with E-state index in [2.05, 4.69) is 5.32 Å². The van der Waals surface area contributed by atoms with E-state index in [1.807, 2.05) is 0 Å². The van der Waals surface area contributed by atoms with Crippen molar-refractivity contribution in [1.29, 1.82) is 0 Å². The number of nitrogens with one attached hydrogen (secondary N) is 1. The largest absolute Gasteiger partial charge is 0.455 e. The number of anilines is 2. The lowest BCUT2D eigenvalue weighted by atomic mass is 10.2. The Morgan fingerprint density at radius 1 is 1.26 bits per heavy atom. The SMILES string of the molecule is CC(=O)Nc1cccc(Oc2ccc(F)cc2N)c1. The Morgan fingerprint density at radius 2 is 2.05 bits per heavy atom. The first-order valence-corrected chi connectivity index (χ1v) is 5.65. The first kappa shape index (κ1) is 12.9. The zero-order chi connectivity index (χ0) is 13.8. The molecular weight excluding hydrogens is 247 g/mol. The van der Waals surface area contributed by atoms with Crippen LogP contribution in [-0.4, -0.2) is 5.91 Å². The zero-order valence-electron chi connectivity index (χ0n) is 10.3. The number of amides is 1. The number of benzene rings is 2. The minimum Gasteiger partial charge on any atom is -0.455 e. The molecule has 0 bridgehead atoms. The fourth-order valence-corrected chi connectivity index (χ4v) is 1.58. The maximum absolute atomic E-state index is 12.9. The predicted octanol–water partition coefficient (Wildman–Crippen LogP) is 3.16. The van der Waals surface area contributed by atoms with E-state index >= 15 is 0 Å². The molecule has 0 atom stereocenters. The number of carbonyl (C=O) groups excluding carboxylic acids is 1. The summed E-state index contributed by atoms with van der Waals surface area (Å²) in [4.78, 5) is 11.0. The molecule has 2 rings (SSSR count). The molecule has 19 heavy (non-hydrogen) atoms. The van der Waals surface area contributed by atoms with Crippen molar-refractivity contribution in [3.63, 3.8) is 0 Å². The highest BCUT2D eigenvalue weighted by atomic mass is 19.1. The third kappa shape index (κ3) is 3.45. The topological polar surface area (TPSA) is 64.3 Å². The van der Waals surface area contributed by atoms with E-state index in [1.54, 1.807) is 24.3 Å². The number of nitrogens with two attached hydrogens (primary N) is 1. The lowest BCUT2D eigenvalue weighted by Crippen LogP contribution is -2.05. The molecule has 0 spiro atoms. The van der Waals surface area contributed by atoms with Crippen LogP contribution in [0.2, 0.25) is 0 Å². The quantitative estimate of drug-likeness (QED) is 0.833. The van der Waals surface area contributed by atoms with Gasteiger partial charge in [0, 0.05) is 24.7 Å². The number of ether oxygens (including phenoxy) is 1. The van der Waals surface area contributed by atoms with Gasteiger partial charge in [-0.2, -0.15) is 0 Å². The average molecular weight is 260 g/mol. The molecule has 3 N–H and O–H groups in total. The summed E-state index contributed by atoms with van der Waals surface area (Å²) in [5.41, 5.74) is 6.48. The second-order valence-electron chi connectivity index (χ2n) is 3.99. The number of halogens is 1. The molecule has 5 heteroatoms. The zero-order valence-corrected chi connectivity index (χ0v) is 10.3. The van der Waals surface area contributed by atoms with Crippen LogP contribution in [0.1, 0.15) is 6.92 Å². The van der Waals surface area contributed by atoms with E-state index in [-0.39, 0.29) is 11.6 Å². The summed E-state index contributed by atoms with van der Waals surface area (Å²) in [5, 5.41) is 2.64. The van der Waals surface area contributed by atoms with Gasteiger partial charge in [0.25, 0.3) is 0 Å². The molecule has 0 radical (unpaired) electrons. The van der Waals surface area contributed by atoms with Crippen LogP contribution in [0.3, 0.4) is 0 Å². The van der Waals surface area contributed by atoms with Crippen molar-refractivity contribution in [3.05, 3.63) is 48.3 Å². The Morgan fingerprint density at radius 3 is 2.74 bits per heavy atom. The molecule has 2 aromatic carbocycles. The van der Waals surface area contributed by atoms with Crippen molar-refractivity contribution in [2.24, 2.45) is 0 Å². The van der Waals surface area contributed by atoms with E-state index in [1.165, 1.54) is 25.1 Å². The third-order valence-electron chi connectivity index (χ3n) is 2.35. The molecule has 0 aromatic heterocycles. The maximum Gasteiger partial charge on any atom is 0.221 e. The molecule has 0 heterocycles. The highest BCUT2D eigenvalue weighted by Crippen LogP contribution is 2.29. The second-order valence-corrected chi connectivity index (χ2v) is 3.99. The van der Waals surface area contributed by atoms with Gasteiger partial charge in [-0.3, -0.25) is 4.79 Å². The van der Waals surface area contributed by atoms with Gasteiger partial charge in [-0.1, -0.05) is 6.07 Å². The summed E-state index contributed by atoms with van der Waals surface area (Å²) in [7, 11) is 0.